The van der Waals surface area contributed by atoms with Crippen LogP contribution in [0.2, 0.25) is 0 Å². The van der Waals surface area contributed by atoms with Crippen LogP contribution in [0.15, 0.2) is 48.9 Å². The molecule has 8 heteroatoms. The molecule has 0 saturated carbocycles. The number of aromatic nitrogens is 4. The Morgan fingerprint density at radius 3 is 2.64 bits per heavy atom. The number of ether oxygens (including phenoxy) is 2. The fraction of sp³-hybridized carbons (Fsp3) is 0.350. The molecule has 1 N–H and O–H groups in total. The quantitative estimate of drug-likeness (QED) is 0.612. The van der Waals surface area contributed by atoms with Crippen LogP contribution in [0.5, 0.6) is 5.75 Å². The van der Waals surface area contributed by atoms with Gasteiger partial charge in [0.2, 0.25) is 0 Å². The molecule has 0 radical (unpaired) electrons. The summed E-state index contributed by atoms with van der Waals surface area (Å²) in [7, 11) is 0. The van der Waals surface area contributed by atoms with Gasteiger partial charge in [-0.05, 0) is 36.6 Å². The standard InChI is InChI=1S/C20H25N5O3/c1-4-27-13-25-12-17(11-21-25)22-20(26)19-9-10-24(23-19)14-28-18-7-5-16(6-8-18)15(2)3/h5-12,15H,4,13-14H2,1-3H3,(H,22,26). The summed E-state index contributed by atoms with van der Waals surface area (Å²) in [6.45, 7) is 7.37. The van der Waals surface area contributed by atoms with Crippen LogP contribution in [0.25, 0.3) is 0 Å². The summed E-state index contributed by atoms with van der Waals surface area (Å²) >= 11 is 0. The monoisotopic (exact) mass is 383 g/mol. The number of amides is 1. The van der Waals surface area contributed by atoms with Crippen molar-refractivity contribution in [3.8, 4) is 5.75 Å². The van der Waals surface area contributed by atoms with E-state index in [0.29, 0.717) is 30.6 Å². The van der Waals surface area contributed by atoms with Crippen LogP contribution in [0, 0.1) is 0 Å². The molecule has 0 fully saturated rings. The van der Waals surface area contributed by atoms with Crippen LogP contribution in [-0.2, 0) is 18.2 Å². The van der Waals surface area contributed by atoms with Gasteiger partial charge in [-0.1, -0.05) is 26.0 Å². The molecule has 28 heavy (non-hydrogen) atoms. The normalized spacial score (nSPS) is 11.0. The third-order valence-corrected chi connectivity index (χ3v) is 4.10. The lowest BCUT2D eigenvalue weighted by atomic mass is 10.0. The molecule has 0 saturated heterocycles. The molecule has 0 aliphatic rings. The Bertz CT molecular complexity index is 899. The van der Waals surface area contributed by atoms with Gasteiger partial charge in [0.05, 0.1) is 18.1 Å². The van der Waals surface area contributed by atoms with E-state index in [1.165, 1.54) is 5.56 Å². The summed E-state index contributed by atoms with van der Waals surface area (Å²) in [4.78, 5) is 12.3. The number of carbonyl (C=O) groups excluding carboxylic acids is 1. The molecule has 0 aliphatic heterocycles. The number of rotatable bonds is 9. The second-order valence-corrected chi connectivity index (χ2v) is 6.58. The van der Waals surface area contributed by atoms with Crippen molar-refractivity contribution in [1.29, 1.82) is 0 Å². The van der Waals surface area contributed by atoms with E-state index in [2.05, 4.69) is 29.4 Å². The van der Waals surface area contributed by atoms with Gasteiger partial charge in [0.25, 0.3) is 5.91 Å². The number of hydrogen-bond acceptors (Lipinski definition) is 5. The molecule has 2 heterocycles. The minimum Gasteiger partial charge on any atom is -0.471 e. The molecule has 148 valence electrons. The Labute approximate surface area is 164 Å². The van der Waals surface area contributed by atoms with Crippen LogP contribution < -0.4 is 10.1 Å². The van der Waals surface area contributed by atoms with Gasteiger partial charge in [-0.2, -0.15) is 10.2 Å². The summed E-state index contributed by atoms with van der Waals surface area (Å²) in [5.41, 5.74) is 2.15. The first-order valence-corrected chi connectivity index (χ1v) is 9.23. The molecule has 0 spiro atoms. The number of nitrogens with one attached hydrogen (secondary N) is 1. The predicted octanol–water partition coefficient (Wildman–Crippen LogP) is 3.49. The van der Waals surface area contributed by atoms with Gasteiger partial charge in [0.1, 0.15) is 12.5 Å². The average molecular weight is 383 g/mol. The fourth-order valence-corrected chi connectivity index (χ4v) is 2.52. The van der Waals surface area contributed by atoms with E-state index < -0.39 is 0 Å². The Hall–Kier alpha value is -3.13. The van der Waals surface area contributed by atoms with Crippen molar-refractivity contribution < 1.29 is 14.3 Å². The van der Waals surface area contributed by atoms with Crippen molar-refractivity contribution >= 4 is 11.6 Å². The zero-order chi connectivity index (χ0) is 19.9. The topological polar surface area (TPSA) is 83.2 Å². The maximum Gasteiger partial charge on any atom is 0.276 e. The Morgan fingerprint density at radius 2 is 1.93 bits per heavy atom. The van der Waals surface area contributed by atoms with Crippen LogP contribution in [0.4, 0.5) is 5.69 Å². The number of anilines is 1. The summed E-state index contributed by atoms with van der Waals surface area (Å²) < 4.78 is 14.2. The Morgan fingerprint density at radius 1 is 1.14 bits per heavy atom. The highest BCUT2D eigenvalue weighted by molar-refractivity contribution is 6.02. The third-order valence-electron chi connectivity index (χ3n) is 4.10. The molecule has 3 aromatic rings. The molecule has 3 rings (SSSR count). The molecule has 1 amide bonds. The first kappa shape index (κ1) is 19.6. The Balaban J connectivity index is 1.52. The molecule has 0 bridgehead atoms. The molecule has 8 nitrogen and oxygen atoms in total. The lowest BCUT2D eigenvalue weighted by Gasteiger charge is -2.09. The van der Waals surface area contributed by atoms with Crippen molar-refractivity contribution in [2.45, 2.75) is 40.2 Å². The Kier molecular flexibility index (Phi) is 6.44. The molecule has 0 unspecified atom stereocenters. The van der Waals surface area contributed by atoms with Crippen LogP contribution in [0.1, 0.15) is 42.7 Å². The van der Waals surface area contributed by atoms with E-state index in [1.54, 1.807) is 34.0 Å². The minimum absolute atomic E-state index is 0.223. The second-order valence-electron chi connectivity index (χ2n) is 6.58. The van der Waals surface area contributed by atoms with Gasteiger partial charge in [0, 0.05) is 12.8 Å². The molecule has 0 aliphatic carbocycles. The number of carbonyl (C=O) groups is 1. The molecular weight excluding hydrogens is 358 g/mol. The smallest absolute Gasteiger partial charge is 0.276 e. The van der Waals surface area contributed by atoms with E-state index in [4.69, 9.17) is 9.47 Å². The highest BCUT2D eigenvalue weighted by atomic mass is 16.5. The lowest BCUT2D eigenvalue weighted by molar-refractivity contribution is 0.0792. The van der Waals surface area contributed by atoms with Gasteiger partial charge in [-0.3, -0.25) is 4.79 Å². The predicted molar refractivity (Wildman–Crippen MR) is 105 cm³/mol. The van der Waals surface area contributed by atoms with Gasteiger partial charge in [-0.15, -0.1) is 0 Å². The fourth-order valence-electron chi connectivity index (χ4n) is 2.52. The molecule has 1 aromatic carbocycles. The van der Waals surface area contributed by atoms with E-state index >= 15 is 0 Å². The number of benzene rings is 1. The van der Waals surface area contributed by atoms with Crippen LogP contribution in [-0.4, -0.2) is 32.1 Å². The maximum atomic E-state index is 12.3. The highest BCUT2D eigenvalue weighted by Gasteiger charge is 2.11. The second kappa shape index (κ2) is 9.18. The van der Waals surface area contributed by atoms with Crippen molar-refractivity contribution in [3.05, 3.63) is 60.2 Å². The van der Waals surface area contributed by atoms with Gasteiger partial charge < -0.3 is 14.8 Å². The number of nitrogens with zero attached hydrogens (tertiary/aromatic N) is 4. The SMILES string of the molecule is CCOCn1cc(NC(=O)c2ccn(COc3ccc(C(C)C)cc3)n2)cn1. The van der Waals surface area contributed by atoms with Gasteiger partial charge in [0.15, 0.2) is 12.4 Å². The van der Waals surface area contributed by atoms with E-state index in [1.807, 2.05) is 31.2 Å². The van der Waals surface area contributed by atoms with Crippen LogP contribution >= 0.6 is 0 Å². The van der Waals surface area contributed by atoms with Crippen molar-refractivity contribution in [1.82, 2.24) is 19.6 Å². The van der Waals surface area contributed by atoms with E-state index in [-0.39, 0.29) is 12.6 Å². The first-order valence-electron chi connectivity index (χ1n) is 9.23. The summed E-state index contributed by atoms with van der Waals surface area (Å²) in [6, 6.07) is 9.62. The minimum atomic E-state index is -0.309. The van der Waals surface area contributed by atoms with Crippen LogP contribution in [0.3, 0.4) is 0 Å². The third kappa shape index (κ3) is 5.20. The zero-order valence-electron chi connectivity index (χ0n) is 16.3. The zero-order valence-corrected chi connectivity index (χ0v) is 16.3. The maximum absolute atomic E-state index is 12.3. The first-order chi connectivity index (χ1) is 13.5. The van der Waals surface area contributed by atoms with Crippen molar-refractivity contribution in [3.63, 3.8) is 0 Å². The van der Waals surface area contributed by atoms with Crippen molar-refractivity contribution in [2.75, 3.05) is 11.9 Å². The summed E-state index contributed by atoms with van der Waals surface area (Å²) in [6.07, 6.45) is 4.97. The highest BCUT2D eigenvalue weighted by Crippen LogP contribution is 2.18. The molecule has 0 atom stereocenters. The lowest BCUT2D eigenvalue weighted by Crippen LogP contribution is -2.14. The van der Waals surface area contributed by atoms with E-state index in [0.717, 1.165) is 5.75 Å². The number of hydrogen-bond donors (Lipinski definition) is 1. The van der Waals surface area contributed by atoms with Crippen molar-refractivity contribution in [2.24, 2.45) is 0 Å². The largest absolute Gasteiger partial charge is 0.471 e. The average Bonchev–Trinajstić information content (AvgIpc) is 3.34. The summed E-state index contributed by atoms with van der Waals surface area (Å²) in [5.74, 6) is 0.927. The molecule has 2 aromatic heterocycles. The van der Waals surface area contributed by atoms with E-state index in [9.17, 15) is 4.79 Å². The van der Waals surface area contributed by atoms with Gasteiger partial charge in [-0.25, -0.2) is 9.36 Å². The molecular formula is C20H25N5O3. The van der Waals surface area contributed by atoms with Gasteiger partial charge >= 0.3 is 0 Å². The summed E-state index contributed by atoms with van der Waals surface area (Å²) in [5, 5.41) is 11.1.